The third kappa shape index (κ3) is 3.10. The predicted molar refractivity (Wildman–Crippen MR) is 41.8 cm³/mol. The molecule has 0 aliphatic heterocycles. The number of hydrogen-bond acceptors (Lipinski definition) is 3. The van der Waals surface area contributed by atoms with E-state index in [4.69, 9.17) is 11.6 Å². The Morgan fingerprint density at radius 2 is 2.08 bits per heavy atom. The minimum Gasteiger partial charge on any atom is -0.457 e. The standard InChI is InChI=1S/C7H7ClF2O3/c1-2-3-13-6(12)7(9,10)5(11)4-8/h2H,1,3-4H2. The number of esters is 1. The fourth-order valence-electron chi connectivity index (χ4n) is 0.423. The summed E-state index contributed by atoms with van der Waals surface area (Å²) in [4.78, 5) is 21.0. The van der Waals surface area contributed by atoms with E-state index >= 15 is 0 Å². The molecule has 0 bridgehead atoms. The van der Waals surface area contributed by atoms with Crippen LogP contribution < -0.4 is 0 Å². The Kier molecular flexibility index (Phi) is 4.55. The van der Waals surface area contributed by atoms with Crippen molar-refractivity contribution in [2.45, 2.75) is 5.92 Å². The third-order valence-corrected chi connectivity index (χ3v) is 1.30. The Balaban J connectivity index is 4.35. The summed E-state index contributed by atoms with van der Waals surface area (Å²) in [5, 5.41) is 0. The third-order valence-electron chi connectivity index (χ3n) is 1.06. The van der Waals surface area contributed by atoms with Gasteiger partial charge >= 0.3 is 11.9 Å². The van der Waals surface area contributed by atoms with Gasteiger partial charge in [0.2, 0.25) is 5.78 Å². The lowest BCUT2D eigenvalue weighted by Crippen LogP contribution is -2.40. The molecule has 0 unspecified atom stereocenters. The second-order valence-corrected chi connectivity index (χ2v) is 2.29. The topological polar surface area (TPSA) is 43.4 Å². The summed E-state index contributed by atoms with van der Waals surface area (Å²) < 4.78 is 29.2. The minimum absolute atomic E-state index is 0.371. The fourth-order valence-corrected chi connectivity index (χ4v) is 0.591. The molecule has 0 saturated heterocycles. The lowest BCUT2D eigenvalue weighted by Gasteiger charge is -2.11. The molecule has 6 heteroatoms. The summed E-state index contributed by atoms with van der Waals surface area (Å²) in [5.74, 6) is -8.68. The summed E-state index contributed by atoms with van der Waals surface area (Å²) >= 11 is 4.86. The molecule has 0 aromatic rings. The molecular weight excluding hydrogens is 206 g/mol. The van der Waals surface area contributed by atoms with Crippen LogP contribution in [0, 0.1) is 0 Å². The first-order chi connectivity index (χ1) is 5.96. The molecule has 0 N–H and O–H groups in total. The number of Topliss-reactive ketones (excluding diaryl/α,β-unsaturated/α-hetero) is 1. The monoisotopic (exact) mass is 212 g/mol. The van der Waals surface area contributed by atoms with Crippen LogP contribution in [0.1, 0.15) is 0 Å². The van der Waals surface area contributed by atoms with E-state index in [0.717, 1.165) is 6.08 Å². The molecule has 0 heterocycles. The van der Waals surface area contributed by atoms with Crippen LogP contribution in [0.3, 0.4) is 0 Å². The van der Waals surface area contributed by atoms with Crippen LogP contribution in [-0.4, -0.2) is 30.2 Å². The highest BCUT2D eigenvalue weighted by Crippen LogP contribution is 2.17. The molecule has 0 spiro atoms. The largest absolute Gasteiger partial charge is 0.457 e. The van der Waals surface area contributed by atoms with E-state index in [-0.39, 0.29) is 6.61 Å². The number of ketones is 1. The van der Waals surface area contributed by atoms with Gasteiger partial charge in [-0.25, -0.2) is 4.79 Å². The van der Waals surface area contributed by atoms with Gasteiger partial charge in [-0.05, 0) is 0 Å². The second kappa shape index (κ2) is 4.91. The van der Waals surface area contributed by atoms with Crippen molar-refractivity contribution in [3.8, 4) is 0 Å². The molecule has 0 fully saturated rings. The van der Waals surface area contributed by atoms with Crippen molar-refractivity contribution in [1.82, 2.24) is 0 Å². The van der Waals surface area contributed by atoms with Crippen LogP contribution in [0.15, 0.2) is 12.7 Å². The highest BCUT2D eigenvalue weighted by molar-refractivity contribution is 6.30. The van der Waals surface area contributed by atoms with Gasteiger partial charge in [-0.2, -0.15) is 8.78 Å². The Bertz CT molecular complexity index is 228. The van der Waals surface area contributed by atoms with Crippen molar-refractivity contribution in [3.05, 3.63) is 12.7 Å². The van der Waals surface area contributed by atoms with E-state index in [1.807, 2.05) is 0 Å². The summed E-state index contributed by atoms with van der Waals surface area (Å²) in [6, 6.07) is 0. The number of rotatable bonds is 5. The van der Waals surface area contributed by atoms with Crippen LogP contribution in [0.2, 0.25) is 0 Å². The van der Waals surface area contributed by atoms with E-state index in [9.17, 15) is 18.4 Å². The Morgan fingerprint density at radius 3 is 2.46 bits per heavy atom. The number of halogens is 3. The first kappa shape index (κ1) is 12.0. The number of ether oxygens (including phenoxy) is 1. The van der Waals surface area contributed by atoms with E-state index < -0.39 is 23.6 Å². The number of carbonyl (C=O) groups excluding carboxylic acids is 2. The Morgan fingerprint density at radius 1 is 1.54 bits per heavy atom. The quantitative estimate of drug-likeness (QED) is 0.297. The van der Waals surface area contributed by atoms with Crippen molar-refractivity contribution < 1.29 is 23.1 Å². The van der Waals surface area contributed by atoms with Crippen LogP contribution in [0.4, 0.5) is 8.78 Å². The smallest absolute Gasteiger partial charge is 0.401 e. The van der Waals surface area contributed by atoms with Gasteiger partial charge in [0.25, 0.3) is 0 Å². The number of hydrogen-bond donors (Lipinski definition) is 0. The number of alkyl halides is 3. The molecule has 0 aliphatic rings. The molecule has 0 aromatic carbocycles. The number of carbonyl (C=O) groups is 2. The zero-order valence-corrected chi connectivity index (χ0v) is 7.31. The molecule has 0 aromatic heterocycles. The average Bonchev–Trinajstić information content (AvgIpc) is 2.12. The van der Waals surface area contributed by atoms with Crippen molar-refractivity contribution in [3.63, 3.8) is 0 Å². The lowest BCUT2D eigenvalue weighted by molar-refractivity contribution is -0.174. The minimum atomic E-state index is -4.16. The van der Waals surface area contributed by atoms with Crippen molar-refractivity contribution in [2.75, 3.05) is 12.5 Å². The summed E-state index contributed by atoms with van der Waals surface area (Å²) in [5.41, 5.74) is 0. The van der Waals surface area contributed by atoms with E-state index in [2.05, 4.69) is 11.3 Å². The van der Waals surface area contributed by atoms with E-state index in [0.29, 0.717) is 0 Å². The average molecular weight is 213 g/mol. The van der Waals surface area contributed by atoms with Gasteiger partial charge in [-0.1, -0.05) is 12.7 Å². The maximum Gasteiger partial charge on any atom is 0.401 e. The SMILES string of the molecule is C=CCOC(=O)C(F)(F)C(=O)CCl. The van der Waals surface area contributed by atoms with Gasteiger partial charge in [0.05, 0.1) is 5.88 Å². The summed E-state index contributed by atoms with van der Waals surface area (Å²) in [6.45, 7) is 2.78. The summed E-state index contributed by atoms with van der Waals surface area (Å²) in [7, 11) is 0. The molecule has 0 amide bonds. The molecule has 74 valence electrons. The zero-order chi connectivity index (χ0) is 10.5. The van der Waals surface area contributed by atoms with E-state index in [1.165, 1.54) is 0 Å². The molecular formula is C7H7ClF2O3. The van der Waals surface area contributed by atoms with Gasteiger partial charge in [-0.3, -0.25) is 4.79 Å². The van der Waals surface area contributed by atoms with Crippen LogP contribution >= 0.6 is 11.6 Å². The highest BCUT2D eigenvalue weighted by Gasteiger charge is 2.47. The Labute approximate surface area is 78.3 Å². The first-order valence-electron chi connectivity index (χ1n) is 3.22. The van der Waals surface area contributed by atoms with Gasteiger partial charge in [0, 0.05) is 0 Å². The normalized spacial score (nSPS) is 10.7. The maximum absolute atomic E-state index is 12.6. The predicted octanol–water partition coefficient (Wildman–Crippen LogP) is 1.16. The molecule has 0 radical (unpaired) electrons. The second-order valence-electron chi connectivity index (χ2n) is 2.02. The van der Waals surface area contributed by atoms with Gasteiger partial charge in [0.15, 0.2) is 0 Å². The van der Waals surface area contributed by atoms with Crippen LogP contribution in [0.25, 0.3) is 0 Å². The zero-order valence-electron chi connectivity index (χ0n) is 6.56. The molecule has 0 saturated carbocycles. The van der Waals surface area contributed by atoms with Gasteiger partial charge < -0.3 is 4.74 Å². The highest BCUT2D eigenvalue weighted by atomic mass is 35.5. The fraction of sp³-hybridized carbons (Fsp3) is 0.429. The van der Waals surface area contributed by atoms with Crippen LogP contribution in [0.5, 0.6) is 0 Å². The van der Waals surface area contributed by atoms with Gasteiger partial charge in [-0.15, -0.1) is 11.6 Å². The molecule has 0 rings (SSSR count). The summed E-state index contributed by atoms with van der Waals surface area (Å²) in [6.07, 6.45) is 1.11. The van der Waals surface area contributed by atoms with E-state index in [1.54, 1.807) is 0 Å². The molecule has 3 nitrogen and oxygen atoms in total. The van der Waals surface area contributed by atoms with Crippen molar-refractivity contribution in [1.29, 1.82) is 0 Å². The van der Waals surface area contributed by atoms with Gasteiger partial charge in [0.1, 0.15) is 6.61 Å². The maximum atomic E-state index is 12.6. The van der Waals surface area contributed by atoms with Crippen molar-refractivity contribution >= 4 is 23.4 Å². The molecule has 0 atom stereocenters. The lowest BCUT2D eigenvalue weighted by atomic mass is 10.2. The van der Waals surface area contributed by atoms with Crippen LogP contribution in [-0.2, 0) is 14.3 Å². The molecule has 13 heavy (non-hydrogen) atoms. The first-order valence-corrected chi connectivity index (χ1v) is 3.75. The van der Waals surface area contributed by atoms with Crippen molar-refractivity contribution in [2.24, 2.45) is 0 Å². The molecule has 0 aliphatic carbocycles. The Hall–Kier alpha value is -0.970.